The normalized spacial score (nSPS) is 17.4. The van der Waals surface area contributed by atoms with Crippen molar-refractivity contribution in [2.75, 3.05) is 35.3 Å². The molecular formula is C26H32F2N4O4. The highest BCUT2D eigenvalue weighted by atomic mass is 19.1. The van der Waals surface area contributed by atoms with E-state index in [1.807, 2.05) is 0 Å². The monoisotopic (exact) mass is 502 g/mol. The molecule has 194 valence electrons. The van der Waals surface area contributed by atoms with E-state index in [0.29, 0.717) is 61.7 Å². The number of nitrogens with zero attached hydrogens (tertiary/aromatic N) is 2. The predicted octanol–water partition coefficient (Wildman–Crippen LogP) is 5.15. The van der Waals surface area contributed by atoms with E-state index in [4.69, 9.17) is 4.74 Å². The lowest BCUT2D eigenvalue weighted by molar-refractivity contribution is -0.147. The number of anilines is 3. The van der Waals surface area contributed by atoms with Crippen molar-refractivity contribution in [1.29, 1.82) is 0 Å². The van der Waals surface area contributed by atoms with Crippen LogP contribution in [0.15, 0.2) is 30.5 Å². The number of hydrogen-bond acceptors (Lipinski definition) is 5. The summed E-state index contributed by atoms with van der Waals surface area (Å²) in [5, 5.41) is 15.1. The molecule has 1 aromatic carbocycles. The molecule has 0 spiro atoms. The van der Waals surface area contributed by atoms with Crippen molar-refractivity contribution < 1.29 is 28.2 Å². The maximum Gasteiger partial charge on any atom is 0.323 e. The van der Waals surface area contributed by atoms with E-state index in [1.54, 1.807) is 12.3 Å². The van der Waals surface area contributed by atoms with Crippen LogP contribution in [0, 0.1) is 17.6 Å². The number of aliphatic carboxylic acids is 1. The molecule has 1 aliphatic heterocycles. The molecule has 1 aromatic heterocycles. The van der Waals surface area contributed by atoms with Gasteiger partial charge in [-0.25, -0.2) is 18.6 Å². The number of benzene rings is 1. The van der Waals surface area contributed by atoms with Crippen molar-refractivity contribution in [2.45, 2.75) is 57.4 Å². The third kappa shape index (κ3) is 5.43. The third-order valence-electron chi connectivity index (χ3n) is 6.93. The second-order valence-corrected chi connectivity index (χ2v) is 9.93. The summed E-state index contributed by atoms with van der Waals surface area (Å²) in [6.07, 6.45) is 4.96. The van der Waals surface area contributed by atoms with Crippen LogP contribution in [0.2, 0.25) is 0 Å². The van der Waals surface area contributed by atoms with E-state index in [9.17, 15) is 23.5 Å². The number of nitrogens with one attached hydrogen (secondary N) is 2. The molecule has 1 saturated carbocycles. The molecule has 4 rings (SSSR count). The minimum atomic E-state index is -1.04. The smallest absolute Gasteiger partial charge is 0.323 e. The highest BCUT2D eigenvalue weighted by molar-refractivity contribution is 6.01. The van der Waals surface area contributed by atoms with Crippen molar-refractivity contribution in [3.63, 3.8) is 0 Å². The van der Waals surface area contributed by atoms with Gasteiger partial charge in [-0.3, -0.25) is 4.79 Å². The number of ether oxygens (including phenoxy) is 1. The van der Waals surface area contributed by atoms with Crippen LogP contribution in [0.5, 0.6) is 0 Å². The van der Waals surface area contributed by atoms with Crippen LogP contribution in [0.3, 0.4) is 0 Å². The number of pyridine rings is 1. The van der Waals surface area contributed by atoms with E-state index < -0.39 is 29.0 Å². The zero-order valence-corrected chi connectivity index (χ0v) is 20.5. The van der Waals surface area contributed by atoms with Crippen LogP contribution in [-0.4, -0.2) is 47.9 Å². The third-order valence-corrected chi connectivity index (χ3v) is 6.93. The largest absolute Gasteiger partial charge is 0.481 e. The van der Waals surface area contributed by atoms with E-state index >= 15 is 0 Å². The van der Waals surface area contributed by atoms with Gasteiger partial charge in [-0.2, -0.15) is 0 Å². The van der Waals surface area contributed by atoms with E-state index in [0.717, 1.165) is 31.4 Å². The first-order valence-electron chi connectivity index (χ1n) is 12.3. The fraction of sp³-hybridized carbons (Fsp3) is 0.500. The van der Waals surface area contributed by atoms with E-state index in [1.165, 1.54) is 0 Å². The number of carbonyl (C=O) groups is 2. The lowest BCUT2D eigenvalue weighted by atomic mass is 9.65. The van der Waals surface area contributed by atoms with Gasteiger partial charge < -0.3 is 25.4 Å². The molecule has 2 amide bonds. The summed E-state index contributed by atoms with van der Waals surface area (Å²) in [5.74, 6) is -1.76. The number of aromatic nitrogens is 1. The Hall–Kier alpha value is -3.27. The Labute approximate surface area is 209 Å². The van der Waals surface area contributed by atoms with Gasteiger partial charge in [0.2, 0.25) is 0 Å². The Bertz CT molecular complexity index is 1120. The topological polar surface area (TPSA) is 104 Å². The Kier molecular flexibility index (Phi) is 7.73. The van der Waals surface area contributed by atoms with Crippen molar-refractivity contribution in [1.82, 2.24) is 4.98 Å². The number of carboxylic acids is 1. The summed E-state index contributed by atoms with van der Waals surface area (Å²) in [6, 6.07) is 3.94. The Morgan fingerprint density at radius 3 is 2.44 bits per heavy atom. The minimum absolute atomic E-state index is 0.134. The van der Waals surface area contributed by atoms with Gasteiger partial charge in [0.1, 0.15) is 11.6 Å². The SMILES string of the molecule is CC(C)CN(c1ncc(C2(C(=O)O)CCC2)cc1NC(=O)Nc1ccc(F)cc1F)C1CCOCC1. The first-order valence-corrected chi connectivity index (χ1v) is 12.3. The number of carboxylic acid groups (broad SMARTS) is 1. The number of hydrogen-bond donors (Lipinski definition) is 3. The fourth-order valence-electron chi connectivity index (χ4n) is 4.86. The number of rotatable bonds is 8. The highest BCUT2D eigenvalue weighted by Gasteiger charge is 2.46. The summed E-state index contributed by atoms with van der Waals surface area (Å²) in [5.41, 5.74) is -0.357. The second kappa shape index (κ2) is 10.8. The molecule has 0 atom stereocenters. The molecule has 1 aliphatic carbocycles. The summed E-state index contributed by atoms with van der Waals surface area (Å²) < 4.78 is 32.9. The standard InChI is InChI=1S/C26H32F2N4O4/c1-16(2)15-32(19-6-10-36-11-7-19)23-22(12-17(14-29-23)26(24(33)34)8-3-9-26)31-25(35)30-21-5-4-18(27)13-20(21)28/h4-5,12-14,16,19H,3,6-11,15H2,1-2H3,(H,33,34)(H2,30,31,35). The molecule has 36 heavy (non-hydrogen) atoms. The van der Waals surface area contributed by atoms with Crippen molar-refractivity contribution in [3.05, 3.63) is 47.7 Å². The summed E-state index contributed by atoms with van der Waals surface area (Å²) in [4.78, 5) is 31.9. The molecule has 10 heteroatoms. The molecule has 0 bridgehead atoms. The molecule has 3 N–H and O–H groups in total. The van der Waals surface area contributed by atoms with E-state index in [2.05, 4.69) is 34.4 Å². The molecule has 0 radical (unpaired) electrons. The van der Waals surface area contributed by atoms with Crippen LogP contribution in [-0.2, 0) is 14.9 Å². The van der Waals surface area contributed by atoms with Crippen LogP contribution in [0.25, 0.3) is 0 Å². The molecule has 2 aromatic rings. The Morgan fingerprint density at radius 2 is 1.86 bits per heavy atom. The maximum atomic E-state index is 14.1. The van der Waals surface area contributed by atoms with E-state index in [-0.39, 0.29) is 11.7 Å². The minimum Gasteiger partial charge on any atom is -0.481 e. The Balaban J connectivity index is 1.70. The second-order valence-electron chi connectivity index (χ2n) is 9.93. The molecular weight excluding hydrogens is 470 g/mol. The molecule has 2 fully saturated rings. The molecule has 2 heterocycles. The van der Waals surface area contributed by atoms with Crippen molar-refractivity contribution in [2.24, 2.45) is 5.92 Å². The first-order chi connectivity index (χ1) is 17.2. The van der Waals surface area contributed by atoms with Gasteiger partial charge in [-0.05, 0) is 55.4 Å². The van der Waals surface area contributed by atoms with Gasteiger partial charge >= 0.3 is 12.0 Å². The lowest BCUT2D eigenvalue weighted by Crippen LogP contribution is -2.44. The summed E-state index contributed by atoms with van der Waals surface area (Å²) in [7, 11) is 0. The van der Waals surface area contributed by atoms with Gasteiger partial charge in [0.25, 0.3) is 0 Å². The first kappa shape index (κ1) is 25.8. The summed E-state index contributed by atoms with van der Waals surface area (Å²) in [6.45, 7) is 6.08. The molecule has 0 unspecified atom stereocenters. The van der Waals surface area contributed by atoms with Crippen LogP contribution < -0.4 is 15.5 Å². The van der Waals surface area contributed by atoms with Crippen LogP contribution >= 0.6 is 0 Å². The van der Waals surface area contributed by atoms with Gasteiger partial charge in [0.15, 0.2) is 5.82 Å². The quantitative estimate of drug-likeness (QED) is 0.461. The fourth-order valence-corrected chi connectivity index (χ4v) is 4.86. The molecule has 1 saturated heterocycles. The average molecular weight is 503 g/mol. The van der Waals surface area contributed by atoms with Gasteiger partial charge in [0, 0.05) is 38.1 Å². The predicted molar refractivity (Wildman–Crippen MR) is 132 cm³/mol. The molecule has 2 aliphatic rings. The van der Waals surface area contributed by atoms with Gasteiger partial charge in [0.05, 0.1) is 16.8 Å². The van der Waals surface area contributed by atoms with Crippen molar-refractivity contribution >= 4 is 29.2 Å². The average Bonchev–Trinajstić information content (AvgIpc) is 2.79. The number of amides is 2. The summed E-state index contributed by atoms with van der Waals surface area (Å²) >= 11 is 0. The van der Waals surface area contributed by atoms with Crippen LogP contribution in [0.4, 0.5) is 30.8 Å². The molecule has 8 nitrogen and oxygen atoms in total. The highest BCUT2D eigenvalue weighted by Crippen LogP contribution is 2.45. The lowest BCUT2D eigenvalue weighted by Gasteiger charge is -2.40. The Morgan fingerprint density at radius 1 is 1.17 bits per heavy atom. The number of carbonyl (C=O) groups excluding carboxylic acids is 1. The number of urea groups is 1. The zero-order chi connectivity index (χ0) is 25.9. The number of halogens is 2. The van der Waals surface area contributed by atoms with Crippen molar-refractivity contribution in [3.8, 4) is 0 Å². The maximum absolute atomic E-state index is 14.1. The van der Waals surface area contributed by atoms with Gasteiger partial charge in [-0.1, -0.05) is 20.3 Å². The zero-order valence-electron chi connectivity index (χ0n) is 20.5. The van der Waals surface area contributed by atoms with Crippen LogP contribution in [0.1, 0.15) is 51.5 Å². The van der Waals surface area contributed by atoms with Gasteiger partial charge in [-0.15, -0.1) is 0 Å².